The van der Waals surface area contributed by atoms with Gasteiger partial charge in [0.15, 0.2) is 6.29 Å². The third-order valence-electron chi connectivity index (χ3n) is 5.60. The number of aromatic nitrogens is 2. The van der Waals surface area contributed by atoms with Crippen LogP contribution in [0.5, 0.6) is 0 Å². The molecule has 7 N–H and O–H groups in total. The minimum absolute atomic E-state index is 0.160. The van der Waals surface area contributed by atoms with Gasteiger partial charge in [0.25, 0.3) is 5.56 Å². The molecule has 0 radical (unpaired) electrons. The van der Waals surface area contributed by atoms with E-state index in [1.165, 1.54) is 13.1 Å². The molecular formula is C17H28N2O16P2. The third-order valence-corrected chi connectivity index (χ3v) is 8.20. The van der Waals surface area contributed by atoms with Crippen LogP contribution in [0.25, 0.3) is 0 Å². The van der Waals surface area contributed by atoms with Crippen LogP contribution in [0.2, 0.25) is 0 Å². The second kappa shape index (κ2) is 11.8. The Morgan fingerprint density at radius 3 is 2.41 bits per heavy atom. The first kappa shape index (κ1) is 30.2. The van der Waals surface area contributed by atoms with Crippen LogP contribution in [0.3, 0.4) is 0 Å². The van der Waals surface area contributed by atoms with E-state index in [1.54, 1.807) is 0 Å². The summed E-state index contributed by atoms with van der Waals surface area (Å²) in [5, 5.41) is 39.6. The number of ether oxygens (including phenoxy) is 3. The predicted molar refractivity (Wildman–Crippen MR) is 117 cm³/mol. The molecule has 0 bridgehead atoms. The van der Waals surface area contributed by atoms with Crippen molar-refractivity contribution in [1.82, 2.24) is 9.55 Å². The summed E-state index contributed by atoms with van der Waals surface area (Å²) in [6.07, 6.45) is -10.9. The first-order chi connectivity index (χ1) is 17.2. The number of aliphatic hydroxyl groups is 4. The zero-order valence-electron chi connectivity index (χ0n) is 19.4. The van der Waals surface area contributed by atoms with Gasteiger partial charge in [-0.25, -0.2) is 13.9 Å². The summed E-state index contributed by atoms with van der Waals surface area (Å²) in [5.41, 5.74) is -1.24. The highest BCUT2D eigenvalue weighted by molar-refractivity contribution is 7.61. The fourth-order valence-electron chi connectivity index (χ4n) is 3.73. The highest BCUT2D eigenvalue weighted by atomic mass is 31.3. The maximum Gasteiger partial charge on any atom is 0.483 e. The molecule has 10 atom stereocenters. The van der Waals surface area contributed by atoms with E-state index in [1.807, 2.05) is 0 Å². The highest BCUT2D eigenvalue weighted by Gasteiger charge is 2.49. The number of aromatic amines is 1. The zero-order valence-corrected chi connectivity index (χ0v) is 21.2. The Hall–Kier alpha value is -1.34. The van der Waals surface area contributed by atoms with Crippen LogP contribution in [0.4, 0.5) is 0 Å². The van der Waals surface area contributed by atoms with Crippen LogP contribution in [0, 0.1) is 6.92 Å². The van der Waals surface area contributed by atoms with Crippen LogP contribution < -0.4 is 11.2 Å². The van der Waals surface area contributed by atoms with Crippen LogP contribution in [0.15, 0.2) is 15.8 Å². The molecule has 2 fully saturated rings. The van der Waals surface area contributed by atoms with Gasteiger partial charge in [0.05, 0.1) is 19.3 Å². The van der Waals surface area contributed by atoms with E-state index in [0.717, 1.165) is 11.7 Å². The van der Waals surface area contributed by atoms with Gasteiger partial charge in [-0.1, -0.05) is 0 Å². The zero-order chi connectivity index (χ0) is 27.7. The van der Waals surface area contributed by atoms with Crippen molar-refractivity contribution in [1.29, 1.82) is 0 Å². The molecule has 20 heteroatoms. The standard InChI is InChI=1S/C17H28N2O16P2/c1-7-4-19(17(25)18-15(7)24)11-3-8(21)10(32-11)6-31-36(26,27)35-37(28,29)34-16-13(23)14(30-2)12(22)9(5-20)33-16/h4,8-14,16,20-23H,3,5-6H2,1-2H3,(H,26,27)(H,28,29)(H,18,24,25)/t8-,9+,10+,11+,12+,13+,14-,16+/m0/s1. The number of aliphatic hydroxyl groups excluding tert-OH is 4. The third kappa shape index (κ3) is 7.20. The molecule has 3 rings (SSSR count). The number of rotatable bonds is 10. The Balaban J connectivity index is 1.60. The van der Waals surface area contributed by atoms with E-state index in [4.69, 9.17) is 14.2 Å². The molecule has 2 aliphatic rings. The maximum absolute atomic E-state index is 12.3. The molecule has 212 valence electrons. The summed E-state index contributed by atoms with van der Waals surface area (Å²) in [5.74, 6) is 0. The monoisotopic (exact) mass is 578 g/mol. The molecule has 0 spiro atoms. The molecule has 0 aromatic carbocycles. The first-order valence-electron chi connectivity index (χ1n) is 10.7. The second-order valence-electron chi connectivity index (χ2n) is 8.24. The Morgan fingerprint density at radius 1 is 1.11 bits per heavy atom. The molecule has 18 nitrogen and oxygen atoms in total. The number of phosphoric acid groups is 2. The van der Waals surface area contributed by atoms with Crippen LogP contribution >= 0.6 is 15.6 Å². The molecule has 0 amide bonds. The number of hydrogen-bond acceptors (Lipinski definition) is 14. The van der Waals surface area contributed by atoms with Gasteiger partial charge in [-0.15, -0.1) is 0 Å². The van der Waals surface area contributed by atoms with Gasteiger partial charge in [0.2, 0.25) is 0 Å². The van der Waals surface area contributed by atoms with Crippen molar-refractivity contribution in [2.24, 2.45) is 0 Å². The number of phosphoric ester groups is 2. The lowest BCUT2D eigenvalue weighted by Gasteiger charge is -2.41. The second-order valence-corrected chi connectivity index (χ2v) is 11.2. The summed E-state index contributed by atoms with van der Waals surface area (Å²) in [6.45, 7) is -0.189. The minimum Gasteiger partial charge on any atom is -0.394 e. The van der Waals surface area contributed by atoms with E-state index in [0.29, 0.717) is 0 Å². The van der Waals surface area contributed by atoms with Crippen LogP contribution in [-0.2, 0) is 36.7 Å². The Labute approximate surface area is 208 Å². The van der Waals surface area contributed by atoms with Gasteiger partial charge in [-0.05, 0) is 6.92 Å². The summed E-state index contributed by atoms with van der Waals surface area (Å²) in [7, 11) is -9.76. The normalized spacial score (nSPS) is 35.7. The quantitative estimate of drug-likeness (QED) is 0.138. The highest BCUT2D eigenvalue weighted by Crippen LogP contribution is 2.61. The summed E-state index contributed by atoms with van der Waals surface area (Å²) in [6, 6.07) is 0. The van der Waals surface area contributed by atoms with Crippen LogP contribution in [0.1, 0.15) is 18.2 Å². The number of aryl methyl sites for hydroxylation is 1. The van der Waals surface area contributed by atoms with Gasteiger partial charge in [-0.3, -0.25) is 23.4 Å². The Bertz CT molecular complexity index is 1160. The van der Waals surface area contributed by atoms with Crippen LogP contribution in [-0.4, -0.2) is 103 Å². The van der Waals surface area contributed by atoms with E-state index in [2.05, 4.69) is 18.3 Å². The maximum atomic E-state index is 12.3. The van der Waals surface area contributed by atoms with E-state index < -0.39 is 89.2 Å². The predicted octanol–water partition coefficient (Wildman–Crippen LogP) is -2.80. The molecular weight excluding hydrogens is 550 g/mol. The van der Waals surface area contributed by atoms with Crippen molar-refractivity contribution in [3.05, 3.63) is 32.6 Å². The minimum atomic E-state index is -5.49. The lowest BCUT2D eigenvalue weighted by Crippen LogP contribution is -2.59. The van der Waals surface area contributed by atoms with E-state index in [9.17, 15) is 48.9 Å². The van der Waals surface area contributed by atoms with E-state index in [-0.39, 0.29) is 12.0 Å². The smallest absolute Gasteiger partial charge is 0.394 e. The van der Waals surface area contributed by atoms with Crippen molar-refractivity contribution in [3.8, 4) is 0 Å². The summed E-state index contributed by atoms with van der Waals surface area (Å²) >= 11 is 0. The molecule has 1 aromatic rings. The number of nitrogens with zero attached hydrogens (tertiary/aromatic N) is 1. The number of hydrogen-bond donors (Lipinski definition) is 7. The van der Waals surface area contributed by atoms with Gasteiger partial charge in [0.1, 0.15) is 36.7 Å². The van der Waals surface area contributed by atoms with Crippen molar-refractivity contribution in [3.63, 3.8) is 0 Å². The van der Waals surface area contributed by atoms with Gasteiger partial charge in [-0.2, -0.15) is 4.31 Å². The lowest BCUT2D eigenvalue weighted by atomic mass is 9.99. The fraction of sp³-hybridized carbons (Fsp3) is 0.765. The first-order valence-corrected chi connectivity index (χ1v) is 13.7. The molecule has 3 heterocycles. The van der Waals surface area contributed by atoms with Crippen molar-refractivity contribution < 1.29 is 66.9 Å². The average molecular weight is 578 g/mol. The van der Waals surface area contributed by atoms with Gasteiger partial charge >= 0.3 is 21.3 Å². The molecule has 1 aromatic heterocycles. The fourth-order valence-corrected chi connectivity index (χ4v) is 5.88. The van der Waals surface area contributed by atoms with E-state index >= 15 is 0 Å². The van der Waals surface area contributed by atoms with Gasteiger partial charge < -0.3 is 44.4 Å². The Kier molecular flexibility index (Phi) is 9.64. The number of H-pyrrole nitrogens is 1. The van der Waals surface area contributed by atoms with Crippen molar-refractivity contribution in [2.45, 2.75) is 62.5 Å². The number of methoxy groups -OCH3 is 1. The molecule has 0 saturated carbocycles. The Morgan fingerprint density at radius 2 is 1.78 bits per heavy atom. The molecule has 2 saturated heterocycles. The molecule has 37 heavy (non-hydrogen) atoms. The molecule has 0 aliphatic carbocycles. The average Bonchev–Trinajstić information content (AvgIpc) is 3.16. The lowest BCUT2D eigenvalue weighted by molar-refractivity contribution is -0.284. The largest absolute Gasteiger partial charge is 0.483 e. The molecule has 2 unspecified atom stereocenters. The summed E-state index contributed by atoms with van der Waals surface area (Å²) in [4.78, 5) is 45.4. The van der Waals surface area contributed by atoms with Crippen molar-refractivity contribution in [2.75, 3.05) is 20.3 Å². The SMILES string of the molecule is CO[C@@H]1[C@@H](O)[C@@H](OP(=O)(O)OP(=O)(O)OC[C@H]2O[C@@H](n3cc(C)c(=O)[nH]c3=O)C[C@@H]2O)O[C@H](CO)[C@H]1O. The molecule has 2 aliphatic heterocycles. The van der Waals surface area contributed by atoms with Crippen molar-refractivity contribution >= 4 is 15.6 Å². The summed E-state index contributed by atoms with van der Waals surface area (Å²) < 4.78 is 54.3. The van der Waals surface area contributed by atoms with Gasteiger partial charge in [0, 0.05) is 25.3 Å². The topological polar surface area (TPSA) is 266 Å². The number of nitrogens with one attached hydrogen (secondary N) is 1.